The fourth-order valence-electron chi connectivity index (χ4n) is 1.90. The third-order valence-electron chi connectivity index (χ3n) is 3.10. The molecule has 3 nitrogen and oxygen atoms in total. The number of benzene rings is 2. The minimum atomic E-state index is -0.871. The molecule has 2 rings (SSSR count). The first-order valence-electron chi connectivity index (χ1n) is 6.66. The molecule has 0 bridgehead atoms. The van der Waals surface area contributed by atoms with Crippen molar-refractivity contribution in [2.24, 2.45) is 0 Å². The van der Waals surface area contributed by atoms with E-state index in [1.807, 2.05) is 18.4 Å². The van der Waals surface area contributed by atoms with Crippen LogP contribution in [0.3, 0.4) is 0 Å². The lowest BCUT2D eigenvalue weighted by molar-refractivity contribution is 0.0318. The first kappa shape index (κ1) is 16.6. The van der Waals surface area contributed by atoms with Crippen molar-refractivity contribution in [2.75, 3.05) is 6.26 Å². The summed E-state index contributed by atoms with van der Waals surface area (Å²) in [4.78, 5) is 25.3. The lowest BCUT2D eigenvalue weighted by atomic mass is 10.1. The molecule has 1 unspecified atom stereocenters. The lowest BCUT2D eigenvalue weighted by Gasteiger charge is -2.13. The standard InChI is InChI=1S/C17H15ClO3S/c1-11(16(19)12-6-4-3-5-7-12)21-17(20)14-10-13(22-2)8-9-15(14)18/h3-11H,1-2H3. The predicted octanol–water partition coefficient (Wildman–Crippen LogP) is 4.49. The monoisotopic (exact) mass is 334 g/mol. The van der Waals surface area contributed by atoms with Gasteiger partial charge in [-0.25, -0.2) is 4.79 Å². The molecule has 0 heterocycles. The second-order valence-electron chi connectivity index (χ2n) is 4.62. The highest BCUT2D eigenvalue weighted by Crippen LogP contribution is 2.24. The zero-order chi connectivity index (χ0) is 16.1. The van der Waals surface area contributed by atoms with Crippen molar-refractivity contribution in [2.45, 2.75) is 17.9 Å². The number of thioether (sulfide) groups is 1. The summed E-state index contributed by atoms with van der Waals surface area (Å²) in [5.41, 5.74) is 0.771. The SMILES string of the molecule is CSc1ccc(Cl)c(C(=O)OC(C)C(=O)c2ccccc2)c1. The molecule has 1 atom stereocenters. The van der Waals surface area contributed by atoms with E-state index in [9.17, 15) is 9.59 Å². The van der Waals surface area contributed by atoms with Crippen molar-refractivity contribution in [3.8, 4) is 0 Å². The number of carbonyl (C=O) groups is 2. The van der Waals surface area contributed by atoms with Gasteiger partial charge in [0.15, 0.2) is 6.10 Å². The molecule has 2 aromatic carbocycles. The van der Waals surface area contributed by atoms with E-state index < -0.39 is 12.1 Å². The maximum Gasteiger partial charge on any atom is 0.340 e. The van der Waals surface area contributed by atoms with Crippen molar-refractivity contribution in [1.29, 1.82) is 0 Å². The molecule has 0 fully saturated rings. The Hall–Kier alpha value is -1.78. The molecule has 0 aliphatic heterocycles. The van der Waals surface area contributed by atoms with Gasteiger partial charge in [0.2, 0.25) is 5.78 Å². The molecular formula is C17H15ClO3S. The van der Waals surface area contributed by atoms with Crippen molar-refractivity contribution in [3.63, 3.8) is 0 Å². The number of halogens is 1. The van der Waals surface area contributed by atoms with Gasteiger partial charge in [-0.1, -0.05) is 41.9 Å². The Morgan fingerprint density at radius 2 is 1.82 bits per heavy atom. The Morgan fingerprint density at radius 3 is 2.45 bits per heavy atom. The number of Topliss-reactive ketones (excluding diaryl/α,β-unsaturated/α-hetero) is 1. The van der Waals surface area contributed by atoms with Crippen molar-refractivity contribution in [3.05, 3.63) is 64.7 Å². The quantitative estimate of drug-likeness (QED) is 0.459. The molecule has 0 radical (unpaired) electrons. The summed E-state index contributed by atoms with van der Waals surface area (Å²) in [6.45, 7) is 1.56. The van der Waals surface area contributed by atoms with Gasteiger partial charge in [-0.3, -0.25) is 4.79 Å². The molecule has 22 heavy (non-hydrogen) atoms. The maximum absolute atomic E-state index is 12.2. The highest BCUT2D eigenvalue weighted by Gasteiger charge is 2.21. The molecule has 114 valence electrons. The van der Waals surface area contributed by atoms with Gasteiger partial charge in [-0.15, -0.1) is 11.8 Å². The summed E-state index contributed by atoms with van der Waals surface area (Å²) < 4.78 is 5.25. The van der Waals surface area contributed by atoms with Gasteiger partial charge in [0.25, 0.3) is 0 Å². The Kier molecular flexibility index (Phi) is 5.63. The molecule has 0 N–H and O–H groups in total. The average Bonchev–Trinajstić information content (AvgIpc) is 2.55. The highest BCUT2D eigenvalue weighted by atomic mass is 35.5. The van der Waals surface area contributed by atoms with Crippen LogP contribution in [0.15, 0.2) is 53.4 Å². The second-order valence-corrected chi connectivity index (χ2v) is 5.91. The number of hydrogen-bond acceptors (Lipinski definition) is 4. The zero-order valence-corrected chi connectivity index (χ0v) is 13.8. The van der Waals surface area contributed by atoms with Gasteiger partial charge in [-0.05, 0) is 31.4 Å². The number of esters is 1. The molecule has 0 saturated carbocycles. The van der Waals surface area contributed by atoms with E-state index in [1.54, 1.807) is 43.3 Å². The maximum atomic E-state index is 12.2. The number of carbonyl (C=O) groups excluding carboxylic acids is 2. The Balaban J connectivity index is 2.13. The van der Waals surface area contributed by atoms with E-state index >= 15 is 0 Å². The minimum Gasteiger partial charge on any atom is -0.451 e. The van der Waals surface area contributed by atoms with Gasteiger partial charge in [-0.2, -0.15) is 0 Å². The van der Waals surface area contributed by atoms with Gasteiger partial charge in [0, 0.05) is 10.5 Å². The molecule has 0 aromatic heterocycles. The van der Waals surface area contributed by atoms with Crippen LogP contribution < -0.4 is 0 Å². The van der Waals surface area contributed by atoms with Crippen molar-refractivity contribution >= 4 is 35.1 Å². The van der Waals surface area contributed by atoms with Crippen molar-refractivity contribution in [1.82, 2.24) is 0 Å². The normalized spacial score (nSPS) is 11.8. The number of rotatable bonds is 5. The van der Waals surface area contributed by atoms with Crippen LogP contribution in [0.5, 0.6) is 0 Å². The summed E-state index contributed by atoms with van der Waals surface area (Å²) in [6.07, 6.45) is 1.03. The van der Waals surface area contributed by atoms with Crippen LogP contribution >= 0.6 is 23.4 Å². The van der Waals surface area contributed by atoms with E-state index in [2.05, 4.69) is 0 Å². The van der Waals surface area contributed by atoms with Crippen LogP contribution in [-0.2, 0) is 4.74 Å². The van der Waals surface area contributed by atoms with Crippen LogP contribution in [0.4, 0.5) is 0 Å². The van der Waals surface area contributed by atoms with E-state index in [4.69, 9.17) is 16.3 Å². The molecular weight excluding hydrogens is 320 g/mol. The van der Waals surface area contributed by atoms with E-state index in [1.165, 1.54) is 11.8 Å². The van der Waals surface area contributed by atoms with E-state index in [0.29, 0.717) is 10.6 Å². The third-order valence-corrected chi connectivity index (χ3v) is 4.16. The van der Waals surface area contributed by atoms with Gasteiger partial charge < -0.3 is 4.74 Å². The third kappa shape index (κ3) is 3.90. The highest BCUT2D eigenvalue weighted by molar-refractivity contribution is 7.98. The fourth-order valence-corrected chi connectivity index (χ4v) is 2.54. The van der Waals surface area contributed by atoms with Gasteiger partial charge in [0.1, 0.15) is 0 Å². The number of ketones is 1. The van der Waals surface area contributed by atoms with Gasteiger partial charge in [0.05, 0.1) is 10.6 Å². The molecule has 0 amide bonds. The largest absolute Gasteiger partial charge is 0.451 e. The fraction of sp³-hybridized carbons (Fsp3) is 0.176. The van der Waals surface area contributed by atoms with Crippen LogP contribution in [-0.4, -0.2) is 24.1 Å². The minimum absolute atomic E-state index is 0.244. The lowest BCUT2D eigenvalue weighted by Crippen LogP contribution is -2.24. The number of ether oxygens (including phenoxy) is 1. The van der Waals surface area contributed by atoms with E-state index in [-0.39, 0.29) is 11.3 Å². The predicted molar refractivity (Wildman–Crippen MR) is 88.9 cm³/mol. The van der Waals surface area contributed by atoms with Crippen LogP contribution in [0.25, 0.3) is 0 Å². The Bertz CT molecular complexity index is 686. The summed E-state index contributed by atoms with van der Waals surface area (Å²) in [5, 5.41) is 0.308. The summed E-state index contributed by atoms with van der Waals surface area (Å²) in [7, 11) is 0. The first-order valence-corrected chi connectivity index (χ1v) is 8.27. The van der Waals surface area contributed by atoms with Crippen LogP contribution in [0.2, 0.25) is 5.02 Å². The van der Waals surface area contributed by atoms with Gasteiger partial charge >= 0.3 is 5.97 Å². The summed E-state index contributed by atoms with van der Waals surface area (Å²) >= 11 is 7.53. The number of hydrogen-bond donors (Lipinski definition) is 0. The Morgan fingerprint density at radius 1 is 1.14 bits per heavy atom. The average molecular weight is 335 g/mol. The van der Waals surface area contributed by atoms with E-state index in [0.717, 1.165) is 4.90 Å². The first-order chi connectivity index (χ1) is 10.5. The topological polar surface area (TPSA) is 43.4 Å². The molecule has 5 heteroatoms. The molecule has 0 saturated heterocycles. The molecule has 2 aromatic rings. The van der Waals surface area contributed by atoms with Crippen LogP contribution in [0.1, 0.15) is 27.6 Å². The molecule has 0 aliphatic carbocycles. The summed E-state index contributed by atoms with van der Waals surface area (Å²) in [5.74, 6) is -0.844. The van der Waals surface area contributed by atoms with Crippen LogP contribution in [0, 0.1) is 0 Å². The smallest absolute Gasteiger partial charge is 0.340 e. The summed E-state index contributed by atoms with van der Waals surface area (Å²) in [6, 6.07) is 13.9. The molecule has 0 aliphatic rings. The second kappa shape index (κ2) is 7.47. The van der Waals surface area contributed by atoms with Crippen molar-refractivity contribution < 1.29 is 14.3 Å². The zero-order valence-electron chi connectivity index (χ0n) is 12.2. The Labute approximate surface area is 138 Å². The molecule has 0 spiro atoms.